The number of Topliss-reactive ketones (excluding diaryl/α,β-unsaturated/α-hetero) is 1. The lowest BCUT2D eigenvalue weighted by Gasteiger charge is -1.98. The van der Waals surface area contributed by atoms with E-state index in [1.165, 1.54) is 13.1 Å². The van der Waals surface area contributed by atoms with Gasteiger partial charge in [-0.25, -0.2) is 4.98 Å². The Labute approximate surface area is 70.6 Å². The lowest BCUT2D eigenvalue weighted by molar-refractivity contribution is 0.101. The zero-order valence-corrected chi connectivity index (χ0v) is 7.07. The van der Waals surface area contributed by atoms with Crippen LogP contribution in [0.1, 0.15) is 23.1 Å². The minimum atomic E-state index is -0.0829. The zero-order chi connectivity index (χ0) is 8.97. The molecule has 0 saturated heterocycles. The third-order valence-electron chi connectivity index (χ3n) is 1.34. The summed E-state index contributed by atoms with van der Waals surface area (Å²) in [5, 5.41) is 0. The molecular weight excluding hydrogens is 156 g/mol. The molecule has 0 fully saturated rings. The van der Waals surface area contributed by atoms with E-state index < -0.39 is 0 Å². The number of ketones is 1. The second-order valence-corrected chi connectivity index (χ2v) is 2.38. The summed E-state index contributed by atoms with van der Waals surface area (Å²) < 4.78 is 4.85. The first-order valence-electron chi connectivity index (χ1n) is 3.55. The highest BCUT2D eigenvalue weighted by Crippen LogP contribution is 1.98. The number of carbonyl (C=O) groups excluding carboxylic acids is 1. The number of nitrogens with zero attached hydrogens (tertiary/aromatic N) is 2. The molecule has 1 aromatic heterocycles. The number of ether oxygens (including phenoxy) is 1. The summed E-state index contributed by atoms with van der Waals surface area (Å²) in [5.41, 5.74) is 1.05. The van der Waals surface area contributed by atoms with Crippen LogP contribution in [0.2, 0.25) is 0 Å². The largest absolute Gasteiger partial charge is 0.378 e. The molecule has 0 aromatic carbocycles. The van der Waals surface area contributed by atoms with E-state index in [0.29, 0.717) is 18.0 Å². The van der Waals surface area contributed by atoms with Crippen LogP contribution in [-0.4, -0.2) is 22.9 Å². The first kappa shape index (κ1) is 8.80. The van der Waals surface area contributed by atoms with Gasteiger partial charge >= 0.3 is 0 Å². The number of methoxy groups -OCH3 is 1. The van der Waals surface area contributed by atoms with Gasteiger partial charge in [-0.2, -0.15) is 0 Å². The standard InChI is InChI=1S/C8H10N2O2/c1-6(11)8-4-9-3-7(10-8)5-12-2/h3-4H,5H2,1-2H3. The fourth-order valence-corrected chi connectivity index (χ4v) is 0.793. The predicted octanol–water partition coefficient (Wildman–Crippen LogP) is 0.826. The van der Waals surface area contributed by atoms with Crippen LogP contribution in [0.4, 0.5) is 0 Å². The van der Waals surface area contributed by atoms with Crippen LogP contribution < -0.4 is 0 Å². The Morgan fingerprint density at radius 3 is 2.92 bits per heavy atom. The number of rotatable bonds is 3. The van der Waals surface area contributed by atoms with Crippen LogP contribution in [0.3, 0.4) is 0 Å². The van der Waals surface area contributed by atoms with E-state index in [0.717, 1.165) is 0 Å². The van der Waals surface area contributed by atoms with Crippen molar-refractivity contribution in [1.82, 2.24) is 9.97 Å². The van der Waals surface area contributed by atoms with Crippen molar-refractivity contribution in [2.75, 3.05) is 7.11 Å². The van der Waals surface area contributed by atoms with Gasteiger partial charge in [0, 0.05) is 14.0 Å². The Balaban J connectivity index is 2.88. The first-order chi connectivity index (χ1) is 5.74. The van der Waals surface area contributed by atoms with Crippen molar-refractivity contribution in [2.45, 2.75) is 13.5 Å². The number of hydrogen-bond donors (Lipinski definition) is 0. The van der Waals surface area contributed by atoms with E-state index in [4.69, 9.17) is 4.74 Å². The molecule has 1 aromatic rings. The average Bonchev–Trinajstić information content (AvgIpc) is 2.05. The fraction of sp³-hybridized carbons (Fsp3) is 0.375. The maximum Gasteiger partial charge on any atom is 0.179 e. The van der Waals surface area contributed by atoms with E-state index in [1.54, 1.807) is 13.3 Å². The number of aromatic nitrogens is 2. The van der Waals surface area contributed by atoms with Gasteiger partial charge in [0.05, 0.1) is 24.7 Å². The third-order valence-corrected chi connectivity index (χ3v) is 1.34. The molecule has 0 saturated carbocycles. The molecule has 0 aliphatic carbocycles. The molecule has 0 N–H and O–H groups in total. The fourth-order valence-electron chi connectivity index (χ4n) is 0.793. The molecule has 4 nitrogen and oxygen atoms in total. The molecule has 0 bridgehead atoms. The average molecular weight is 166 g/mol. The molecule has 4 heteroatoms. The molecule has 1 heterocycles. The topological polar surface area (TPSA) is 52.1 Å². The molecule has 12 heavy (non-hydrogen) atoms. The zero-order valence-electron chi connectivity index (χ0n) is 7.07. The van der Waals surface area contributed by atoms with Gasteiger partial charge in [0.25, 0.3) is 0 Å². The number of hydrogen-bond acceptors (Lipinski definition) is 4. The van der Waals surface area contributed by atoms with Crippen molar-refractivity contribution in [2.24, 2.45) is 0 Å². The third kappa shape index (κ3) is 2.10. The monoisotopic (exact) mass is 166 g/mol. The van der Waals surface area contributed by atoms with Crippen LogP contribution in [0, 0.1) is 0 Å². The van der Waals surface area contributed by atoms with Crippen molar-refractivity contribution < 1.29 is 9.53 Å². The van der Waals surface area contributed by atoms with Crippen molar-refractivity contribution in [3.05, 3.63) is 23.8 Å². The lowest BCUT2D eigenvalue weighted by Crippen LogP contribution is -2.02. The Bertz CT molecular complexity index is 286. The Morgan fingerprint density at radius 2 is 2.33 bits per heavy atom. The van der Waals surface area contributed by atoms with E-state index in [-0.39, 0.29) is 5.78 Å². The second kappa shape index (κ2) is 3.92. The first-order valence-corrected chi connectivity index (χ1v) is 3.55. The molecule has 0 amide bonds. The molecule has 0 spiro atoms. The maximum atomic E-state index is 10.9. The summed E-state index contributed by atoms with van der Waals surface area (Å²) in [6, 6.07) is 0. The lowest BCUT2D eigenvalue weighted by atomic mass is 10.3. The van der Waals surface area contributed by atoms with Crippen molar-refractivity contribution in [3.8, 4) is 0 Å². The van der Waals surface area contributed by atoms with E-state index in [9.17, 15) is 4.79 Å². The summed E-state index contributed by atoms with van der Waals surface area (Å²) in [6.07, 6.45) is 3.03. The minimum Gasteiger partial charge on any atom is -0.378 e. The molecule has 0 unspecified atom stereocenters. The Kier molecular flexibility index (Phi) is 2.88. The molecule has 1 rings (SSSR count). The maximum absolute atomic E-state index is 10.9. The van der Waals surface area contributed by atoms with Crippen LogP contribution in [0.15, 0.2) is 12.4 Å². The molecule has 0 aliphatic heterocycles. The summed E-state index contributed by atoms with van der Waals surface area (Å²) in [6.45, 7) is 1.84. The highest BCUT2D eigenvalue weighted by Gasteiger charge is 2.02. The van der Waals surface area contributed by atoms with E-state index >= 15 is 0 Å². The normalized spacial score (nSPS) is 9.83. The Hall–Kier alpha value is -1.29. The van der Waals surface area contributed by atoms with Gasteiger partial charge in [0.2, 0.25) is 0 Å². The molecule has 64 valence electrons. The van der Waals surface area contributed by atoms with Crippen LogP contribution in [0.5, 0.6) is 0 Å². The highest BCUT2D eigenvalue weighted by molar-refractivity contribution is 5.91. The van der Waals surface area contributed by atoms with Crippen LogP contribution >= 0.6 is 0 Å². The summed E-state index contributed by atoms with van der Waals surface area (Å²) in [5.74, 6) is -0.0829. The van der Waals surface area contributed by atoms with Gasteiger partial charge in [0.1, 0.15) is 5.69 Å². The minimum absolute atomic E-state index is 0.0829. The van der Waals surface area contributed by atoms with Gasteiger partial charge < -0.3 is 4.74 Å². The Morgan fingerprint density at radius 1 is 1.58 bits per heavy atom. The SMILES string of the molecule is COCc1cncc(C(C)=O)n1. The predicted molar refractivity (Wildman–Crippen MR) is 42.7 cm³/mol. The van der Waals surface area contributed by atoms with Gasteiger partial charge in [-0.3, -0.25) is 9.78 Å². The number of carbonyl (C=O) groups is 1. The van der Waals surface area contributed by atoms with Gasteiger partial charge in [-0.15, -0.1) is 0 Å². The smallest absolute Gasteiger partial charge is 0.179 e. The highest BCUT2D eigenvalue weighted by atomic mass is 16.5. The van der Waals surface area contributed by atoms with Crippen LogP contribution in [-0.2, 0) is 11.3 Å². The van der Waals surface area contributed by atoms with E-state index in [1.807, 2.05) is 0 Å². The second-order valence-electron chi connectivity index (χ2n) is 2.38. The van der Waals surface area contributed by atoms with E-state index in [2.05, 4.69) is 9.97 Å². The summed E-state index contributed by atoms with van der Waals surface area (Å²) in [7, 11) is 1.57. The van der Waals surface area contributed by atoms with Gasteiger partial charge in [-0.1, -0.05) is 0 Å². The van der Waals surface area contributed by atoms with Crippen molar-refractivity contribution in [3.63, 3.8) is 0 Å². The molecule has 0 atom stereocenters. The van der Waals surface area contributed by atoms with Gasteiger partial charge in [0.15, 0.2) is 5.78 Å². The van der Waals surface area contributed by atoms with Crippen LogP contribution in [0.25, 0.3) is 0 Å². The molecule has 0 radical (unpaired) electrons. The summed E-state index contributed by atoms with van der Waals surface area (Å²) in [4.78, 5) is 18.7. The van der Waals surface area contributed by atoms with Crippen molar-refractivity contribution in [1.29, 1.82) is 0 Å². The molecule has 0 aliphatic rings. The van der Waals surface area contributed by atoms with Gasteiger partial charge in [-0.05, 0) is 0 Å². The quantitative estimate of drug-likeness (QED) is 0.624. The molecular formula is C8H10N2O2. The van der Waals surface area contributed by atoms with Crippen molar-refractivity contribution >= 4 is 5.78 Å². The summed E-state index contributed by atoms with van der Waals surface area (Å²) >= 11 is 0.